The normalized spacial score (nSPS) is 10.5. The number of halogens is 2. The molecule has 0 unspecified atom stereocenters. The molecule has 0 aromatic heterocycles. The Morgan fingerprint density at radius 3 is 2.24 bits per heavy atom. The SMILES string of the molecule is CCc1cc(Cl)ccc1Sc1ccc(Cl)cc1. The zero-order valence-electron chi connectivity index (χ0n) is 9.41. The fraction of sp³-hybridized carbons (Fsp3) is 0.143. The van der Waals surface area contributed by atoms with Crippen LogP contribution in [0.3, 0.4) is 0 Å². The summed E-state index contributed by atoms with van der Waals surface area (Å²) in [5.74, 6) is 0. The number of rotatable bonds is 3. The second-order valence-electron chi connectivity index (χ2n) is 3.66. The van der Waals surface area contributed by atoms with Crippen molar-refractivity contribution in [2.24, 2.45) is 0 Å². The molecule has 0 saturated carbocycles. The van der Waals surface area contributed by atoms with Crippen LogP contribution in [0.4, 0.5) is 0 Å². The molecule has 17 heavy (non-hydrogen) atoms. The van der Waals surface area contributed by atoms with Crippen LogP contribution in [-0.4, -0.2) is 0 Å². The second-order valence-corrected chi connectivity index (χ2v) is 5.65. The molecule has 2 aromatic carbocycles. The van der Waals surface area contributed by atoms with Crippen molar-refractivity contribution in [2.75, 3.05) is 0 Å². The lowest BCUT2D eigenvalue weighted by atomic mass is 10.2. The monoisotopic (exact) mass is 282 g/mol. The predicted molar refractivity (Wildman–Crippen MR) is 76.4 cm³/mol. The molecule has 0 nitrogen and oxygen atoms in total. The highest BCUT2D eigenvalue weighted by Gasteiger charge is 2.04. The highest BCUT2D eigenvalue weighted by atomic mass is 35.5. The summed E-state index contributed by atoms with van der Waals surface area (Å²) in [6.07, 6.45) is 0.983. The van der Waals surface area contributed by atoms with Crippen molar-refractivity contribution in [3.63, 3.8) is 0 Å². The van der Waals surface area contributed by atoms with E-state index in [2.05, 4.69) is 13.0 Å². The first-order valence-electron chi connectivity index (χ1n) is 5.41. The summed E-state index contributed by atoms with van der Waals surface area (Å²) in [7, 11) is 0. The van der Waals surface area contributed by atoms with E-state index in [1.807, 2.05) is 36.4 Å². The molecule has 0 radical (unpaired) electrons. The molecule has 0 fully saturated rings. The van der Waals surface area contributed by atoms with Crippen LogP contribution in [0.2, 0.25) is 10.0 Å². The van der Waals surface area contributed by atoms with Gasteiger partial charge >= 0.3 is 0 Å². The molecule has 88 valence electrons. The fourth-order valence-corrected chi connectivity index (χ4v) is 2.87. The van der Waals surface area contributed by atoms with E-state index in [0.29, 0.717) is 0 Å². The van der Waals surface area contributed by atoms with Crippen LogP contribution in [0.15, 0.2) is 52.3 Å². The second kappa shape index (κ2) is 5.81. The van der Waals surface area contributed by atoms with Gasteiger partial charge in [0.2, 0.25) is 0 Å². The van der Waals surface area contributed by atoms with Crippen molar-refractivity contribution in [1.29, 1.82) is 0 Å². The summed E-state index contributed by atoms with van der Waals surface area (Å²) in [5, 5.41) is 1.56. The lowest BCUT2D eigenvalue weighted by Crippen LogP contribution is -1.85. The van der Waals surface area contributed by atoms with Crippen molar-refractivity contribution in [2.45, 2.75) is 23.1 Å². The molecule has 0 saturated heterocycles. The van der Waals surface area contributed by atoms with Crippen molar-refractivity contribution in [1.82, 2.24) is 0 Å². The van der Waals surface area contributed by atoms with E-state index >= 15 is 0 Å². The molecule has 3 heteroatoms. The van der Waals surface area contributed by atoms with E-state index in [-0.39, 0.29) is 0 Å². The molecular weight excluding hydrogens is 271 g/mol. The number of aryl methyl sites for hydroxylation is 1. The molecular formula is C14H12Cl2S. The highest BCUT2D eigenvalue weighted by Crippen LogP contribution is 2.32. The summed E-state index contributed by atoms with van der Waals surface area (Å²) in [5.41, 5.74) is 1.28. The standard InChI is InChI=1S/C14H12Cl2S/c1-2-10-9-12(16)5-8-14(10)17-13-6-3-11(15)4-7-13/h3-9H,2H2,1H3. The topological polar surface area (TPSA) is 0 Å². The van der Waals surface area contributed by atoms with Crippen molar-refractivity contribution < 1.29 is 0 Å². The number of hydrogen-bond donors (Lipinski definition) is 0. The van der Waals surface area contributed by atoms with Gasteiger partial charge in [-0.25, -0.2) is 0 Å². The quantitative estimate of drug-likeness (QED) is 0.695. The minimum atomic E-state index is 0.765. The van der Waals surface area contributed by atoms with Crippen molar-refractivity contribution in [3.05, 3.63) is 58.1 Å². The van der Waals surface area contributed by atoms with E-state index < -0.39 is 0 Å². The van der Waals surface area contributed by atoms with Crippen LogP contribution < -0.4 is 0 Å². The Labute approximate surface area is 116 Å². The van der Waals surface area contributed by atoms with E-state index in [1.165, 1.54) is 15.4 Å². The average Bonchev–Trinajstić information content (AvgIpc) is 2.34. The van der Waals surface area contributed by atoms with Crippen molar-refractivity contribution in [3.8, 4) is 0 Å². The lowest BCUT2D eigenvalue weighted by Gasteiger charge is -2.08. The fourth-order valence-electron chi connectivity index (χ4n) is 1.55. The molecule has 0 spiro atoms. The highest BCUT2D eigenvalue weighted by molar-refractivity contribution is 7.99. The third-order valence-electron chi connectivity index (χ3n) is 2.44. The van der Waals surface area contributed by atoms with Gasteiger partial charge in [0.05, 0.1) is 0 Å². The number of hydrogen-bond acceptors (Lipinski definition) is 1. The Balaban J connectivity index is 2.26. The minimum absolute atomic E-state index is 0.765. The van der Waals surface area contributed by atoms with Gasteiger partial charge in [-0.1, -0.05) is 41.9 Å². The van der Waals surface area contributed by atoms with Gasteiger partial charge in [0.1, 0.15) is 0 Å². The van der Waals surface area contributed by atoms with E-state index in [4.69, 9.17) is 23.2 Å². The predicted octanol–water partition coefficient (Wildman–Crippen LogP) is 5.71. The molecule has 0 aliphatic rings. The minimum Gasteiger partial charge on any atom is -0.0898 e. The third-order valence-corrected chi connectivity index (χ3v) is 4.06. The molecule has 0 bridgehead atoms. The Morgan fingerprint density at radius 1 is 0.941 bits per heavy atom. The Kier molecular flexibility index (Phi) is 4.38. The molecule has 2 aromatic rings. The van der Waals surface area contributed by atoms with Crippen LogP contribution in [0.1, 0.15) is 12.5 Å². The van der Waals surface area contributed by atoms with E-state index in [1.54, 1.807) is 11.8 Å². The first-order valence-corrected chi connectivity index (χ1v) is 6.98. The largest absolute Gasteiger partial charge is 0.0898 e. The van der Waals surface area contributed by atoms with Gasteiger partial charge in [0.25, 0.3) is 0 Å². The van der Waals surface area contributed by atoms with Gasteiger partial charge in [-0.05, 0) is 54.4 Å². The van der Waals surface area contributed by atoms with Crippen LogP contribution >= 0.6 is 35.0 Å². The van der Waals surface area contributed by atoms with Gasteiger partial charge in [0.15, 0.2) is 0 Å². The molecule has 0 aliphatic heterocycles. The molecule has 0 heterocycles. The van der Waals surface area contributed by atoms with Gasteiger partial charge in [-0.3, -0.25) is 0 Å². The summed E-state index contributed by atoms with van der Waals surface area (Å²) in [6.45, 7) is 2.14. The van der Waals surface area contributed by atoms with E-state index in [9.17, 15) is 0 Å². The van der Waals surface area contributed by atoms with Gasteiger partial charge in [-0.2, -0.15) is 0 Å². The van der Waals surface area contributed by atoms with Crippen LogP contribution in [-0.2, 0) is 6.42 Å². The molecule has 0 N–H and O–H groups in total. The van der Waals surface area contributed by atoms with Gasteiger partial charge in [-0.15, -0.1) is 0 Å². The summed E-state index contributed by atoms with van der Waals surface area (Å²) in [6, 6.07) is 13.9. The Morgan fingerprint density at radius 2 is 1.59 bits per heavy atom. The summed E-state index contributed by atoms with van der Waals surface area (Å²) >= 11 is 13.6. The van der Waals surface area contributed by atoms with Gasteiger partial charge < -0.3 is 0 Å². The first-order chi connectivity index (χ1) is 8.19. The smallest absolute Gasteiger partial charge is 0.0409 e. The lowest BCUT2D eigenvalue weighted by molar-refractivity contribution is 1.08. The van der Waals surface area contributed by atoms with Crippen LogP contribution in [0.5, 0.6) is 0 Å². The van der Waals surface area contributed by atoms with E-state index in [0.717, 1.165) is 16.5 Å². The molecule has 0 aliphatic carbocycles. The zero-order valence-corrected chi connectivity index (χ0v) is 11.7. The van der Waals surface area contributed by atoms with Gasteiger partial charge in [0, 0.05) is 19.8 Å². The average molecular weight is 283 g/mol. The van der Waals surface area contributed by atoms with Crippen LogP contribution in [0, 0.1) is 0 Å². The molecule has 0 amide bonds. The van der Waals surface area contributed by atoms with Crippen LogP contribution in [0.25, 0.3) is 0 Å². The first kappa shape index (κ1) is 12.8. The zero-order chi connectivity index (χ0) is 12.3. The Hall–Kier alpha value is -0.630. The number of benzene rings is 2. The summed E-state index contributed by atoms with van der Waals surface area (Å²) in [4.78, 5) is 2.44. The Bertz CT molecular complexity index is 506. The maximum absolute atomic E-state index is 5.99. The summed E-state index contributed by atoms with van der Waals surface area (Å²) < 4.78 is 0. The maximum Gasteiger partial charge on any atom is 0.0409 e. The molecule has 0 atom stereocenters. The third kappa shape index (κ3) is 3.41. The van der Waals surface area contributed by atoms with Crippen molar-refractivity contribution >= 4 is 35.0 Å². The maximum atomic E-state index is 5.99. The molecule has 2 rings (SSSR count).